The van der Waals surface area contributed by atoms with Crippen molar-refractivity contribution in [2.75, 3.05) is 6.54 Å². The lowest BCUT2D eigenvalue weighted by Crippen LogP contribution is -2.25. The Morgan fingerprint density at radius 3 is 2.71 bits per heavy atom. The maximum Gasteiger partial charge on any atom is 0.129 e. The molecule has 0 saturated heterocycles. The summed E-state index contributed by atoms with van der Waals surface area (Å²) < 4.78 is 15.0. The maximum atomic E-state index is 14.2. The molecule has 1 atom stereocenters. The van der Waals surface area contributed by atoms with E-state index in [1.54, 1.807) is 6.07 Å². The molecule has 1 heterocycles. The van der Waals surface area contributed by atoms with Gasteiger partial charge in [-0.25, -0.2) is 4.39 Å². The van der Waals surface area contributed by atoms with Gasteiger partial charge in [0.15, 0.2) is 0 Å². The minimum Gasteiger partial charge on any atom is -0.309 e. The Morgan fingerprint density at radius 1 is 1.29 bits per heavy atom. The molecular formula is C17H20BrFN2. The fourth-order valence-corrected chi connectivity index (χ4v) is 2.89. The van der Waals surface area contributed by atoms with Crippen molar-refractivity contribution in [3.05, 3.63) is 63.6 Å². The summed E-state index contributed by atoms with van der Waals surface area (Å²) in [5, 5.41) is 3.42. The van der Waals surface area contributed by atoms with Gasteiger partial charge in [0.1, 0.15) is 5.82 Å². The molecule has 0 amide bonds. The van der Waals surface area contributed by atoms with Crippen molar-refractivity contribution in [3.63, 3.8) is 0 Å². The molecule has 112 valence electrons. The molecule has 1 unspecified atom stereocenters. The van der Waals surface area contributed by atoms with Gasteiger partial charge in [0.25, 0.3) is 0 Å². The number of rotatable bonds is 6. The second-order valence-electron chi connectivity index (χ2n) is 5.17. The zero-order valence-corrected chi connectivity index (χ0v) is 14.0. The van der Waals surface area contributed by atoms with Gasteiger partial charge >= 0.3 is 0 Å². The van der Waals surface area contributed by atoms with Crippen molar-refractivity contribution in [3.8, 4) is 0 Å². The van der Waals surface area contributed by atoms with Crippen LogP contribution in [-0.4, -0.2) is 11.5 Å². The van der Waals surface area contributed by atoms with Crippen LogP contribution in [0, 0.1) is 12.7 Å². The number of hydrogen-bond donors (Lipinski definition) is 1. The lowest BCUT2D eigenvalue weighted by Gasteiger charge is -2.20. The predicted molar refractivity (Wildman–Crippen MR) is 87.8 cm³/mol. The zero-order chi connectivity index (χ0) is 15.2. The number of hydrogen-bond acceptors (Lipinski definition) is 2. The molecule has 1 aromatic carbocycles. The van der Waals surface area contributed by atoms with Crippen LogP contribution in [0.25, 0.3) is 0 Å². The fraction of sp³-hybridized carbons (Fsp3) is 0.353. The van der Waals surface area contributed by atoms with Crippen LogP contribution in [0.5, 0.6) is 0 Å². The Hall–Kier alpha value is -1.26. The molecule has 0 bridgehead atoms. The molecule has 1 aromatic heterocycles. The summed E-state index contributed by atoms with van der Waals surface area (Å²) in [6.07, 6.45) is 3.52. The van der Waals surface area contributed by atoms with Gasteiger partial charge in [0, 0.05) is 34.4 Å². The number of aromatic nitrogens is 1. The quantitative estimate of drug-likeness (QED) is 0.824. The van der Waals surface area contributed by atoms with Crippen LogP contribution in [0.3, 0.4) is 0 Å². The number of aryl methyl sites for hydroxylation is 1. The van der Waals surface area contributed by atoms with E-state index in [1.807, 2.05) is 31.3 Å². The zero-order valence-electron chi connectivity index (χ0n) is 12.4. The molecule has 4 heteroatoms. The Balaban J connectivity index is 2.27. The number of pyridine rings is 1. The van der Waals surface area contributed by atoms with Crippen molar-refractivity contribution in [1.29, 1.82) is 0 Å². The van der Waals surface area contributed by atoms with Crippen LogP contribution < -0.4 is 5.32 Å². The summed E-state index contributed by atoms with van der Waals surface area (Å²) in [4.78, 5) is 4.43. The van der Waals surface area contributed by atoms with E-state index < -0.39 is 0 Å². The van der Waals surface area contributed by atoms with Gasteiger partial charge in [-0.2, -0.15) is 0 Å². The number of halogens is 2. The molecule has 0 aliphatic carbocycles. The summed E-state index contributed by atoms with van der Waals surface area (Å²) in [6.45, 7) is 4.96. The van der Waals surface area contributed by atoms with Gasteiger partial charge in [-0.3, -0.25) is 4.98 Å². The minimum absolute atomic E-state index is 0.0873. The first kappa shape index (κ1) is 16.1. The number of nitrogens with zero attached hydrogens (tertiary/aromatic N) is 1. The smallest absolute Gasteiger partial charge is 0.129 e. The molecule has 0 aliphatic heterocycles. The van der Waals surface area contributed by atoms with E-state index in [0.717, 1.165) is 28.7 Å². The van der Waals surface area contributed by atoms with Crippen LogP contribution >= 0.6 is 15.9 Å². The van der Waals surface area contributed by atoms with E-state index in [2.05, 4.69) is 33.2 Å². The molecule has 2 rings (SSSR count). The molecule has 0 spiro atoms. The molecular weight excluding hydrogens is 331 g/mol. The van der Waals surface area contributed by atoms with Crippen molar-refractivity contribution in [2.24, 2.45) is 0 Å². The largest absolute Gasteiger partial charge is 0.309 e. The van der Waals surface area contributed by atoms with Crippen molar-refractivity contribution in [1.82, 2.24) is 10.3 Å². The second-order valence-corrected chi connectivity index (χ2v) is 6.03. The highest BCUT2D eigenvalue weighted by atomic mass is 79.9. The monoisotopic (exact) mass is 350 g/mol. The Bertz CT molecular complexity index is 564. The highest BCUT2D eigenvalue weighted by molar-refractivity contribution is 9.10. The van der Waals surface area contributed by atoms with Gasteiger partial charge in [-0.1, -0.05) is 35.0 Å². The molecule has 0 radical (unpaired) electrons. The first-order chi connectivity index (χ1) is 10.1. The standard InChI is InChI=1S/C17H20BrFN2/c1-3-9-20-16(10-13-8-7-12(2)11-21-13)17-14(18)5-4-6-15(17)19/h4-8,11,16,20H,3,9-10H2,1-2H3. The first-order valence-corrected chi connectivity index (χ1v) is 8.00. The SMILES string of the molecule is CCCNC(Cc1ccc(C)cn1)c1c(F)cccc1Br. The van der Waals surface area contributed by atoms with E-state index in [1.165, 1.54) is 6.07 Å². The summed E-state index contributed by atoms with van der Waals surface area (Å²) in [7, 11) is 0. The highest BCUT2D eigenvalue weighted by Gasteiger charge is 2.19. The second kappa shape index (κ2) is 7.66. The van der Waals surface area contributed by atoms with E-state index in [0.29, 0.717) is 12.0 Å². The van der Waals surface area contributed by atoms with Gasteiger partial charge in [0.2, 0.25) is 0 Å². The Labute approximate surface area is 133 Å². The predicted octanol–water partition coefficient (Wildman–Crippen LogP) is 4.58. The van der Waals surface area contributed by atoms with E-state index in [-0.39, 0.29) is 11.9 Å². The van der Waals surface area contributed by atoms with E-state index >= 15 is 0 Å². The third-order valence-electron chi connectivity index (χ3n) is 3.37. The van der Waals surface area contributed by atoms with E-state index in [4.69, 9.17) is 0 Å². The number of benzene rings is 1. The molecule has 21 heavy (non-hydrogen) atoms. The van der Waals surface area contributed by atoms with Crippen LogP contribution in [0.2, 0.25) is 0 Å². The van der Waals surface area contributed by atoms with Crippen molar-refractivity contribution >= 4 is 15.9 Å². The van der Waals surface area contributed by atoms with Crippen LogP contribution in [0.4, 0.5) is 4.39 Å². The first-order valence-electron chi connectivity index (χ1n) is 7.20. The average Bonchev–Trinajstić information content (AvgIpc) is 2.46. The third-order valence-corrected chi connectivity index (χ3v) is 4.07. The topological polar surface area (TPSA) is 24.9 Å². The minimum atomic E-state index is -0.190. The lowest BCUT2D eigenvalue weighted by atomic mass is 10.0. The van der Waals surface area contributed by atoms with Gasteiger partial charge in [-0.05, 0) is 43.7 Å². The number of nitrogens with one attached hydrogen (secondary N) is 1. The highest BCUT2D eigenvalue weighted by Crippen LogP contribution is 2.28. The van der Waals surface area contributed by atoms with Gasteiger partial charge in [0.05, 0.1) is 0 Å². The van der Waals surface area contributed by atoms with Gasteiger partial charge in [-0.15, -0.1) is 0 Å². The average molecular weight is 351 g/mol. The third kappa shape index (κ3) is 4.35. The normalized spacial score (nSPS) is 12.4. The van der Waals surface area contributed by atoms with Crippen LogP contribution in [-0.2, 0) is 6.42 Å². The molecule has 0 fully saturated rings. The molecule has 2 aromatic rings. The van der Waals surface area contributed by atoms with Crippen molar-refractivity contribution < 1.29 is 4.39 Å². The maximum absolute atomic E-state index is 14.2. The van der Waals surface area contributed by atoms with E-state index in [9.17, 15) is 4.39 Å². The lowest BCUT2D eigenvalue weighted by molar-refractivity contribution is 0.491. The molecule has 0 saturated carbocycles. The summed E-state index contributed by atoms with van der Waals surface area (Å²) in [5.74, 6) is -0.190. The van der Waals surface area contributed by atoms with Crippen molar-refractivity contribution in [2.45, 2.75) is 32.7 Å². The Morgan fingerprint density at radius 2 is 2.10 bits per heavy atom. The van der Waals surface area contributed by atoms with Crippen LogP contribution in [0.1, 0.15) is 36.2 Å². The summed E-state index contributed by atoms with van der Waals surface area (Å²) in [5.41, 5.74) is 2.77. The summed E-state index contributed by atoms with van der Waals surface area (Å²) >= 11 is 3.46. The summed E-state index contributed by atoms with van der Waals surface area (Å²) in [6, 6.07) is 9.05. The fourth-order valence-electron chi connectivity index (χ4n) is 2.27. The molecule has 0 aliphatic rings. The Kier molecular flexibility index (Phi) is 5.88. The molecule has 1 N–H and O–H groups in total. The molecule has 2 nitrogen and oxygen atoms in total. The van der Waals surface area contributed by atoms with Gasteiger partial charge < -0.3 is 5.32 Å². The van der Waals surface area contributed by atoms with Crippen LogP contribution in [0.15, 0.2) is 41.0 Å².